The van der Waals surface area contributed by atoms with Crippen molar-refractivity contribution in [3.63, 3.8) is 0 Å². The van der Waals surface area contributed by atoms with Crippen molar-refractivity contribution in [1.82, 2.24) is 4.90 Å². The Morgan fingerprint density at radius 1 is 1.26 bits per heavy atom. The van der Waals surface area contributed by atoms with Crippen molar-refractivity contribution in [3.8, 4) is 0 Å². The Morgan fingerprint density at radius 3 is 2.70 bits per heavy atom. The van der Waals surface area contributed by atoms with E-state index in [4.69, 9.17) is 4.74 Å². The van der Waals surface area contributed by atoms with E-state index in [1.807, 2.05) is 37.0 Å². The van der Waals surface area contributed by atoms with Gasteiger partial charge < -0.3 is 9.64 Å². The number of thiophene rings is 1. The van der Waals surface area contributed by atoms with Crippen LogP contribution in [0.1, 0.15) is 43.7 Å². The molecule has 4 heteroatoms. The first-order valence-corrected chi connectivity index (χ1v) is 9.20. The van der Waals surface area contributed by atoms with E-state index in [1.165, 1.54) is 26.1 Å². The second-order valence-corrected chi connectivity index (χ2v) is 8.29. The lowest BCUT2D eigenvalue weighted by atomic mass is 10.0. The summed E-state index contributed by atoms with van der Waals surface area (Å²) < 4.78 is 6.91. The number of hydrogen-bond donors (Lipinski definition) is 0. The number of amides is 1. The summed E-state index contributed by atoms with van der Waals surface area (Å²) in [5.74, 6) is 0. The number of ether oxygens (including phenoxy) is 1. The zero-order valence-corrected chi connectivity index (χ0v) is 15.3. The number of hydrogen-bond acceptors (Lipinski definition) is 3. The van der Waals surface area contributed by atoms with Gasteiger partial charge in [0.2, 0.25) is 0 Å². The Labute approximate surface area is 142 Å². The molecule has 0 atom stereocenters. The van der Waals surface area contributed by atoms with E-state index in [2.05, 4.69) is 25.1 Å². The van der Waals surface area contributed by atoms with Crippen molar-refractivity contribution in [3.05, 3.63) is 34.2 Å². The van der Waals surface area contributed by atoms with Gasteiger partial charge >= 0.3 is 6.09 Å². The molecule has 0 N–H and O–H groups in total. The summed E-state index contributed by atoms with van der Waals surface area (Å²) in [6, 6.07) is 6.80. The molecule has 0 saturated heterocycles. The molecule has 1 aliphatic heterocycles. The van der Waals surface area contributed by atoms with Crippen molar-refractivity contribution in [2.75, 3.05) is 13.1 Å². The maximum Gasteiger partial charge on any atom is 0.410 e. The monoisotopic (exact) mass is 331 g/mol. The van der Waals surface area contributed by atoms with Crippen molar-refractivity contribution >= 4 is 27.5 Å². The minimum atomic E-state index is -0.433. The molecule has 1 aromatic heterocycles. The lowest BCUT2D eigenvalue weighted by Gasteiger charge is -2.26. The van der Waals surface area contributed by atoms with Crippen LogP contribution in [0.25, 0.3) is 10.1 Å². The highest BCUT2D eigenvalue weighted by Gasteiger charge is 2.25. The first-order chi connectivity index (χ1) is 10.9. The highest BCUT2D eigenvalue weighted by atomic mass is 32.1. The quantitative estimate of drug-likeness (QED) is 0.751. The maximum atomic E-state index is 12.3. The molecule has 1 aromatic carbocycles. The zero-order valence-electron chi connectivity index (χ0n) is 14.4. The molecular weight excluding hydrogens is 306 g/mol. The Bertz CT molecular complexity index is 727. The van der Waals surface area contributed by atoms with Gasteiger partial charge in [0, 0.05) is 22.7 Å². The van der Waals surface area contributed by atoms with Gasteiger partial charge in [-0.1, -0.05) is 19.1 Å². The molecule has 23 heavy (non-hydrogen) atoms. The third-order valence-corrected chi connectivity index (χ3v) is 5.50. The fraction of sp³-hybridized carbons (Fsp3) is 0.526. The van der Waals surface area contributed by atoms with E-state index in [-0.39, 0.29) is 6.09 Å². The summed E-state index contributed by atoms with van der Waals surface area (Å²) in [6.07, 6.45) is 2.73. The van der Waals surface area contributed by atoms with Gasteiger partial charge in [-0.2, -0.15) is 0 Å². The van der Waals surface area contributed by atoms with Gasteiger partial charge in [-0.3, -0.25) is 0 Å². The van der Waals surface area contributed by atoms with E-state index in [1.54, 1.807) is 0 Å². The predicted octanol–water partition coefficient (Wildman–Crippen LogP) is 4.80. The van der Waals surface area contributed by atoms with Crippen LogP contribution in [0.15, 0.2) is 18.2 Å². The summed E-state index contributed by atoms with van der Waals surface area (Å²) in [4.78, 5) is 15.6. The molecule has 1 amide bonds. The molecule has 2 aromatic rings. The van der Waals surface area contributed by atoms with Crippen LogP contribution in [0, 0.1) is 0 Å². The lowest BCUT2D eigenvalue weighted by Crippen LogP contribution is -2.38. The number of aryl methyl sites for hydroxylation is 1. The topological polar surface area (TPSA) is 29.5 Å². The fourth-order valence-electron chi connectivity index (χ4n) is 3.05. The number of rotatable bonds is 1. The maximum absolute atomic E-state index is 12.3. The highest BCUT2D eigenvalue weighted by Crippen LogP contribution is 2.34. The number of carbonyl (C=O) groups excluding carboxylic acids is 1. The number of nitrogens with zero attached hydrogens (tertiary/aromatic N) is 1. The summed E-state index contributed by atoms with van der Waals surface area (Å²) in [7, 11) is 0. The molecule has 0 aliphatic carbocycles. The Balaban J connectivity index is 1.80. The van der Waals surface area contributed by atoms with Crippen LogP contribution in [0.5, 0.6) is 0 Å². The van der Waals surface area contributed by atoms with Crippen molar-refractivity contribution in [1.29, 1.82) is 0 Å². The number of benzene rings is 1. The summed E-state index contributed by atoms with van der Waals surface area (Å²) in [5, 5.41) is 1.37. The van der Waals surface area contributed by atoms with Gasteiger partial charge in [-0.05, 0) is 62.6 Å². The molecule has 0 saturated carbocycles. The minimum absolute atomic E-state index is 0.190. The van der Waals surface area contributed by atoms with Gasteiger partial charge in [0.25, 0.3) is 0 Å². The van der Waals surface area contributed by atoms with Crippen molar-refractivity contribution < 1.29 is 9.53 Å². The molecule has 3 nitrogen and oxygen atoms in total. The van der Waals surface area contributed by atoms with Crippen molar-refractivity contribution in [2.45, 2.75) is 52.6 Å². The first-order valence-electron chi connectivity index (χ1n) is 8.38. The lowest BCUT2D eigenvalue weighted by molar-refractivity contribution is 0.0259. The van der Waals surface area contributed by atoms with Gasteiger partial charge in [-0.15, -0.1) is 11.3 Å². The Hall–Kier alpha value is -1.55. The molecule has 0 radical (unpaired) electrons. The molecule has 0 fully saturated rings. The Kier molecular flexibility index (Phi) is 4.37. The summed E-state index contributed by atoms with van der Waals surface area (Å²) >= 11 is 1.89. The molecule has 0 spiro atoms. The molecule has 3 rings (SSSR count). The predicted molar refractivity (Wildman–Crippen MR) is 96.4 cm³/mol. The summed E-state index contributed by atoms with van der Waals surface area (Å²) in [5.41, 5.74) is 2.39. The molecule has 124 valence electrons. The molecule has 0 bridgehead atoms. The molecular formula is C19H25NO2S. The second-order valence-electron chi connectivity index (χ2n) is 7.16. The summed E-state index contributed by atoms with van der Waals surface area (Å²) in [6.45, 7) is 9.42. The molecule has 0 unspecified atom stereocenters. The van der Waals surface area contributed by atoms with Gasteiger partial charge in [-0.25, -0.2) is 4.79 Å². The van der Waals surface area contributed by atoms with E-state index >= 15 is 0 Å². The van der Waals surface area contributed by atoms with E-state index < -0.39 is 5.60 Å². The van der Waals surface area contributed by atoms with Crippen LogP contribution in [0.2, 0.25) is 0 Å². The van der Waals surface area contributed by atoms with Crippen LogP contribution >= 0.6 is 11.3 Å². The zero-order chi connectivity index (χ0) is 16.6. The molecule has 2 heterocycles. The minimum Gasteiger partial charge on any atom is -0.444 e. The standard InChI is InChI=1S/C19H25NO2S/c1-5-13-6-7-14-15-8-10-20(18(21)22-19(2,3)4)11-9-16(15)23-17(14)12-13/h6-7,12H,5,8-11H2,1-4H3. The highest BCUT2D eigenvalue weighted by molar-refractivity contribution is 7.19. The van der Waals surface area contributed by atoms with Crippen LogP contribution in [0.3, 0.4) is 0 Å². The van der Waals surface area contributed by atoms with Crippen LogP contribution in [-0.2, 0) is 24.0 Å². The van der Waals surface area contributed by atoms with Crippen molar-refractivity contribution in [2.24, 2.45) is 0 Å². The third kappa shape index (κ3) is 3.52. The largest absolute Gasteiger partial charge is 0.444 e. The number of fused-ring (bicyclic) bond motifs is 3. The van der Waals surface area contributed by atoms with Crippen LogP contribution < -0.4 is 0 Å². The number of carbonyl (C=O) groups is 1. The van der Waals surface area contributed by atoms with Gasteiger partial charge in [0.1, 0.15) is 5.60 Å². The van der Waals surface area contributed by atoms with Gasteiger partial charge in [0.05, 0.1) is 0 Å². The van der Waals surface area contributed by atoms with E-state index in [0.29, 0.717) is 0 Å². The normalized spacial score (nSPS) is 15.4. The van der Waals surface area contributed by atoms with Gasteiger partial charge in [0.15, 0.2) is 0 Å². The van der Waals surface area contributed by atoms with Crippen LogP contribution in [-0.4, -0.2) is 29.7 Å². The SMILES string of the molecule is CCc1ccc2c3c(sc2c1)CCN(C(=O)OC(C)(C)C)CC3. The van der Waals surface area contributed by atoms with E-state index in [9.17, 15) is 4.79 Å². The average Bonchev–Trinajstić information content (AvgIpc) is 2.68. The van der Waals surface area contributed by atoms with E-state index in [0.717, 1.165) is 32.4 Å². The second kappa shape index (κ2) is 6.16. The first kappa shape index (κ1) is 16.3. The average molecular weight is 331 g/mol. The third-order valence-electron chi connectivity index (χ3n) is 4.24. The molecule has 1 aliphatic rings. The van der Waals surface area contributed by atoms with Crippen LogP contribution in [0.4, 0.5) is 4.79 Å². The fourth-order valence-corrected chi connectivity index (χ4v) is 4.35. The smallest absolute Gasteiger partial charge is 0.410 e. The Morgan fingerprint density at radius 2 is 2.00 bits per heavy atom.